The maximum atomic E-state index is 13.5. The summed E-state index contributed by atoms with van der Waals surface area (Å²) in [7, 11) is 1.55. The van der Waals surface area contributed by atoms with Crippen LogP contribution in [0.2, 0.25) is 0 Å². The van der Waals surface area contributed by atoms with Crippen LogP contribution < -0.4 is 15.4 Å². The lowest BCUT2D eigenvalue weighted by Gasteiger charge is -2.24. The van der Waals surface area contributed by atoms with Crippen LogP contribution in [0.4, 0.5) is 24.7 Å². The Hall–Kier alpha value is -3.82. The normalized spacial score (nSPS) is 15.3. The van der Waals surface area contributed by atoms with Crippen molar-refractivity contribution >= 4 is 23.3 Å². The van der Waals surface area contributed by atoms with Crippen molar-refractivity contribution in [3.05, 3.63) is 59.4 Å². The quantitative estimate of drug-likeness (QED) is 0.617. The van der Waals surface area contributed by atoms with E-state index in [0.29, 0.717) is 35.0 Å². The van der Waals surface area contributed by atoms with E-state index in [-0.39, 0.29) is 12.1 Å². The molecule has 0 radical (unpaired) electrons. The van der Waals surface area contributed by atoms with Gasteiger partial charge in [0.05, 0.1) is 19.2 Å². The zero-order valence-electron chi connectivity index (χ0n) is 16.5. The van der Waals surface area contributed by atoms with Crippen LogP contribution in [0.3, 0.4) is 0 Å². The second-order valence-electron chi connectivity index (χ2n) is 7.01. The molecule has 3 aromatic rings. The van der Waals surface area contributed by atoms with Gasteiger partial charge in [0.1, 0.15) is 17.6 Å². The summed E-state index contributed by atoms with van der Waals surface area (Å²) in [4.78, 5) is 25.0. The summed E-state index contributed by atoms with van der Waals surface area (Å²) in [6.07, 6.45) is -0.228. The topological polar surface area (TPSA) is 85.2 Å². The number of amides is 2. The first-order valence-electron chi connectivity index (χ1n) is 9.27. The summed E-state index contributed by atoms with van der Waals surface area (Å²) in [5.41, 5.74) is 1.68. The van der Waals surface area contributed by atoms with Crippen molar-refractivity contribution in [1.29, 1.82) is 0 Å². The van der Waals surface area contributed by atoms with Gasteiger partial charge in [-0.25, -0.2) is 17.9 Å². The van der Waals surface area contributed by atoms with Crippen molar-refractivity contribution in [2.75, 3.05) is 17.7 Å². The Balaban J connectivity index is 1.68. The van der Waals surface area contributed by atoms with Gasteiger partial charge in [-0.15, -0.1) is 0 Å². The molecule has 1 unspecified atom stereocenters. The van der Waals surface area contributed by atoms with Crippen molar-refractivity contribution in [3.63, 3.8) is 0 Å². The number of carbonyl (C=O) groups excluding carboxylic acids is 2. The first kappa shape index (κ1) is 20.5. The minimum absolute atomic E-state index is 0.228. The van der Waals surface area contributed by atoms with Crippen molar-refractivity contribution < 1.29 is 27.5 Å². The number of halogens is 3. The predicted octanol–water partition coefficient (Wildman–Crippen LogP) is 3.81. The van der Waals surface area contributed by atoms with E-state index < -0.39 is 35.3 Å². The van der Waals surface area contributed by atoms with E-state index in [0.717, 1.165) is 5.56 Å². The van der Waals surface area contributed by atoms with Crippen LogP contribution >= 0.6 is 0 Å². The molecule has 4 rings (SSSR count). The number of carbonyl (C=O) groups is 2. The molecule has 1 atom stereocenters. The molecule has 2 N–H and O–H groups in total. The molecule has 10 heteroatoms. The molecule has 0 fully saturated rings. The van der Waals surface area contributed by atoms with Crippen LogP contribution in [0.1, 0.15) is 18.0 Å². The maximum Gasteiger partial charge on any atom is 0.249 e. The van der Waals surface area contributed by atoms with Crippen LogP contribution in [-0.4, -0.2) is 28.7 Å². The van der Waals surface area contributed by atoms with Gasteiger partial charge >= 0.3 is 0 Å². The third kappa shape index (κ3) is 3.72. The number of hydrogen-bond donors (Lipinski definition) is 2. The van der Waals surface area contributed by atoms with Crippen LogP contribution in [-0.2, 0) is 9.59 Å². The van der Waals surface area contributed by atoms with Crippen molar-refractivity contribution in [1.82, 2.24) is 9.78 Å². The van der Waals surface area contributed by atoms with E-state index in [4.69, 9.17) is 4.74 Å². The van der Waals surface area contributed by atoms with E-state index in [9.17, 15) is 22.8 Å². The zero-order valence-corrected chi connectivity index (χ0v) is 16.5. The Morgan fingerprint density at radius 1 is 1.19 bits per heavy atom. The Kier molecular flexibility index (Phi) is 5.14. The van der Waals surface area contributed by atoms with E-state index in [2.05, 4.69) is 15.7 Å². The highest BCUT2D eigenvalue weighted by molar-refractivity contribution is 6.02. The molecule has 2 heterocycles. The van der Waals surface area contributed by atoms with Gasteiger partial charge in [0.15, 0.2) is 17.5 Å². The first-order valence-corrected chi connectivity index (χ1v) is 9.27. The largest absolute Gasteiger partial charge is 0.497 e. The number of fused-ring (bicyclic) bond motifs is 1. The summed E-state index contributed by atoms with van der Waals surface area (Å²) in [6.45, 7) is 1.75. The lowest BCUT2D eigenvalue weighted by molar-refractivity contribution is -0.125. The molecule has 0 spiro atoms. The fraction of sp³-hybridized carbons (Fsp3) is 0.190. The average Bonchev–Trinajstić information content (AvgIpc) is 3.07. The summed E-state index contributed by atoms with van der Waals surface area (Å²) in [5, 5.41) is 9.52. The van der Waals surface area contributed by atoms with Crippen LogP contribution in [0, 0.1) is 24.4 Å². The molecule has 1 aromatic heterocycles. The number of nitrogens with one attached hydrogen (secondary N) is 2. The Morgan fingerprint density at radius 2 is 1.84 bits per heavy atom. The van der Waals surface area contributed by atoms with E-state index >= 15 is 0 Å². The van der Waals surface area contributed by atoms with Crippen molar-refractivity contribution in [2.24, 2.45) is 0 Å². The van der Waals surface area contributed by atoms with Gasteiger partial charge in [-0.2, -0.15) is 5.10 Å². The van der Waals surface area contributed by atoms with Gasteiger partial charge in [0.2, 0.25) is 11.8 Å². The number of anilines is 2. The number of aromatic nitrogens is 2. The number of nitrogens with zero attached hydrogens (tertiary/aromatic N) is 2. The van der Waals surface area contributed by atoms with Crippen molar-refractivity contribution in [2.45, 2.75) is 19.4 Å². The summed E-state index contributed by atoms with van der Waals surface area (Å²) in [5.74, 6) is -4.63. The minimum Gasteiger partial charge on any atom is -0.497 e. The maximum absolute atomic E-state index is 13.5. The fourth-order valence-electron chi connectivity index (χ4n) is 3.42. The van der Waals surface area contributed by atoms with E-state index in [1.54, 1.807) is 38.3 Å². The van der Waals surface area contributed by atoms with Gasteiger partial charge < -0.3 is 15.4 Å². The molecule has 2 aromatic carbocycles. The monoisotopic (exact) mass is 430 g/mol. The van der Waals surface area contributed by atoms with Crippen LogP contribution in [0.15, 0.2) is 36.4 Å². The molecule has 31 heavy (non-hydrogen) atoms. The highest BCUT2D eigenvalue weighted by atomic mass is 19.2. The third-order valence-corrected chi connectivity index (χ3v) is 5.00. The minimum atomic E-state index is -1.64. The Bertz CT molecular complexity index is 1170. The van der Waals surface area contributed by atoms with Gasteiger partial charge in [-0.1, -0.05) is 0 Å². The summed E-state index contributed by atoms with van der Waals surface area (Å²) >= 11 is 0. The van der Waals surface area contributed by atoms with Gasteiger partial charge in [0, 0.05) is 28.9 Å². The second-order valence-corrected chi connectivity index (χ2v) is 7.01. The van der Waals surface area contributed by atoms with Gasteiger partial charge in [-0.3, -0.25) is 9.59 Å². The second kappa shape index (κ2) is 7.78. The molecular weight excluding hydrogens is 413 g/mol. The predicted molar refractivity (Wildman–Crippen MR) is 106 cm³/mol. The number of rotatable bonds is 4. The molecule has 0 saturated carbocycles. The molecule has 0 bridgehead atoms. The zero-order chi connectivity index (χ0) is 22.3. The summed E-state index contributed by atoms with van der Waals surface area (Å²) < 4.78 is 46.6. The average molecular weight is 430 g/mol. The molecule has 160 valence electrons. The molecule has 1 aliphatic rings. The first-order chi connectivity index (χ1) is 14.8. The summed E-state index contributed by atoms with van der Waals surface area (Å²) in [6, 6.07) is 7.36. The Labute approximate surface area is 174 Å². The molecular formula is C21H17F3N4O3. The lowest BCUT2D eigenvalue weighted by atomic mass is 10.1. The highest BCUT2D eigenvalue weighted by Gasteiger charge is 2.34. The Morgan fingerprint density at radius 3 is 2.45 bits per heavy atom. The van der Waals surface area contributed by atoms with Crippen molar-refractivity contribution in [3.8, 4) is 17.0 Å². The van der Waals surface area contributed by atoms with E-state index in [1.807, 2.05) is 0 Å². The van der Waals surface area contributed by atoms with E-state index in [1.165, 1.54) is 4.68 Å². The smallest absolute Gasteiger partial charge is 0.249 e. The molecule has 0 saturated heterocycles. The molecule has 7 nitrogen and oxygen atoms in total. The third-order valence-electron chi connectivity index (χ3n) is 5.00. The number of methoxy groups -OCH3 is 1. The molecule has 0 aliphatic carbocycles. The van der Waals surface area contributed by atoms with Gasteiger partial charge in [0.25, 0.3) is 0 Å². The number of ether oxygens (including phenoxy) is 1. The number of hydrogen-bond acceptors (Lipinski definition) is 4. The highest BCUT2D eigenvalue weighted by Crippen LogP contribution is 2.35. The molecule has 2 amide bonds. The van der Waals surface area contributed by atoms with Crippen LogP contribution in [0.25, 0.3) is 11.3 Å². The van der Waals surface area contributed by atoms with Gasteiger partial charge in [-0.05, 0) is 31.2 Å². The fourth-order valence-corrected chi connectivity index (χ4v) is 3.42. The lowest BCUT2D eigenvalue weighted by Crippen LogP contribution is -2.36. The molecule has 1 aliphatic heterocycles. The van der Waals surface area contributed by atoms with Crippen LogP contribution in [0.5, 0.6) is 5.75 Å². The number of benzene rings is 2. The standard InChI is InChI=1S/C21H17F3N4O3/c1-10-19(11-3-5-13(31-2)6-4-11)27-28-16(9-17(29)26-20(10)28)21(30)25-12-7-14(22)18(24)15(23)8-12/h3-8,16H,9H2,1-2H3,(H,25,30)(H,26,29). The SMILES string of the molecule is COc1ccc(-c2nn3c(c2C)NC(=O)CC3C(=O)Nc2cc(F)c(F)c(F)c2)cc1.